The van der Waals surface area contributed by atoms with Gasteiger partial charge in [-0.2, -0.15) is 4.99 Å². The standard InChI is InChI=1S/C2H2ClF3N2S/c3-9-1(7)8-2(4,5)6/h(H2,7,8). The first-order valence-electron chi connectivity index (χ1n) is 1.66. The maximum Gasteiger partial charge on any atom is 0.505 e. The number of nitrogens with zero attached hydrogens (tertiary/aromatic N) is 1. The average molecular weight is 179 g/mol. The zero-order chi connectivity index (χ0) is 7.49. The lowest BCUT2D eigenvalue weighted by Gasteiger charge is -1.97. The van der Waals surface area contributed by atoms with Crippen LogP contribution in [0.2, 0.25) is 0 Å². The molecule has 0 rings (SSSR count). The minimum Gasteiger partial charge on any atom is -0.377 e. The number of alkyl halides is 3. The van der Waals surface area contributed by atoms with Crippen molar-refractivity contribution in [3.05, 3.63) is 0 Å². The summed E-state index contributed by atoms with van der Waals surface area (Å²) in [6.45, 7) is 0. The molecule has 0 fully saturated rings. The monoisotopic (exact) mass is 178 g/mol. The fourth-order valence-corrected chi connectivity index (χ4v) is 0.384. The highest BCUT2D eigenvalue weighted by Crippen LogP contribution is 2.18. The van der Waals surface area contributed by atoms with E-state index in [4.69, 9.17) is 10.7 Å². The fourth-order valence-electron chi connectivity index (χ4n) is 0.142. The Hall–Kier alpha value is -0.100. The average Bonchev–Trinajstić information content (AvgIpc) is 1.62. The number of amidine groups is 1. The molecule has 2 N–H and O–H groups in total. The lowest BCUT2D eigenvalue weighted by molar-refractivity contribution is -0.119. The summed E-state index contributed by atoms with van der Waals surface area (Å²) in [5, 5.41) is -0.704. The van der Waals surface area contributed by atoms with Gasteiger partial charge in [-0.1, -0.05) is 0 Å². The van der Waals surface area contributed by atoms with Crippen molar-refractivity contribution in [1.82, 2.24) is 0 Å². The lowest BCUT2D eigenvalue weighted by Crippen LogP contribution is -2.12. The molecule has 0 heterocycles. The van der Waals surface area contributed by atoms with Crippen molar-refractivity contribution in [2.24, 2.45) is 10.7 Å². The molecular weight excluding hydrogens is 177 g/mol. The van der Waals surface area contributed by atoms with Crippen molar-refractivity contribution in [2.75, 3.05) is 0 Å². The molecule has 54 valence electrons. The molecule has 0 atom stereocenters. The van der Waals surface area contributed by atoms with Gasteiger partial charge in [-0.3, -0.25) is 0 Å². The highest BCUT2D eigenvalue weighted by atomic mass is 35.7. The summed E-state index contributed by atoms with van der Waals surface area (Å²) in [5.74, 6) is 0. The second kappa shape index (κ2) is 3.17. The van der Waals surface area contributed by atoms with Crippen molar-refractivity contribution < 1.29 is 13.2 Å². The van der Waals surface area contributed by atoms with E-state index >= 15 is 0 Å². The first kappa shape index (κ1) is 8.90. The van der Waals surface area contributed by atoms with Gasteiger partial charge in [0, 0.05) is 11.0 Å². The third-order valence-electron chi connectivity index (χ3n) is 0.316. The molecule has 0 amide bonds. The molecule has 0 aromatic carbocycles. The second-order valence-electron chi connectivity index (χ2n) is 0.995. The molecule has 0 saturated heterocycles. The van der Waals surface area contributed by atoms with E-state index in [2.05, 4.69) is 10.7 Å². The molecular formula is C2H2ClF3N2S. The first-order valence-corrected chi connectivity index (χ1v) is 3.30. The van der Waals surface area contributed by atoms with Gasteiger partial charge in [0.2, 0.25) is 0 Å². The van der Waals surface area contributed by atoms with E-state index in [0.717, 1.165) is 0 Å². The van der Waals surface area contributed by atoms with Gasteiger partial charge in [-0.15, -0.1) is 13.2 Å². The predicted octanol–water partition coefficient (Wildman–Crippen LogP) is 1.71. The van der Waals surface area contributed by atoms with E-state index in [1.54, 1.807) is 0 Å². The number of aliphatic imine (C=N–C) groups is 1. The number of hydrogen-bond acceptors (Lipinski definition) is 2. The van der Waals surface area contributed by atoms with Gasteiger partial charge in [0.05, 0.1) is 0 Å². The van der Waals surface area contributed by atoms with Crippen LogP contribution in [-0.2, 0) is 0 Å². The highest BCUT2D eigenvalue weighted by Gasteiger charge is 2.26. The molecule has 0 spiro atoms. The summed E-state index contributed by atoms with van der Waals surface area (Å²) >= 11 is 0. The molecule has 0 aromatic rings. The summed E-state index contributed by atoms with van der Waals surface area (Å²) in [6, 6.07) is 0. The molecule has 0 aliphatic heterocycles. The molecule has 7 heteroatoms. The van der Waals surface area contributed by atoms with Gasteiger partial charge in [-0.25, -0.2) is 0 Å². The van der Waals surface area contributed by atoms with Gasteiger partial charge < -0.3 is 5.73 Å². The first-order chi connectivity index (χ1) is 3.95. The van der Waals surface area contributed by atoms with Crippen molar-refractivity contribution in [1.29, 1.82) is 0 Å². The lowest BCUT2D eigenvalue weighted by atomic mass is 11.1. The SMILES string of the molecule is NC(=NC(F)(F)F)SCl. The number of hydrogen-bond donors (Lipinski definition) is 1. The normalized spacial score (nSPS) is 14.0. The summed E-state index contributed by atoms with van der Waals surface area (Å²) in [4.78, 5) is 2.05. The van der Waals surface area contributed by atoms with Crippen LogP contribution < -0.4 is 5.73 Å². The predicted molar refractivity (Wildman–Crippen MR) is 31.1 cm³/mol. The summed E-state index contributed by atoms with van der Waals surface area (Å²) in [5.41, 5.74) is 4.62. The van der Waals surface area contributed by atoms with E-state index in [9.17, 15) is 13.2 Å². The Balaban J connectivity index is 3.95. The van der Waals surface area contributed by atoms with Gasteiger partial charge in [-0.05, 0) is 10.7 Å². The minimum atomic E-state index is -4.62. The third-order valence-corrected chi connectivity index (χ3v) is 1.04. The molecule has 0 aromatic heterocycles. The van der Waals surface area contributed by atoms with Crippen LogP contribution in [0.25, 0.3) is 0 Å². The Labute approximate surface area is 57.8 Å². The summed E-state index contributed by atoms with van der Waals surface area (Å²) < 4.78 is 33.5. The molecule has 9 heavy (non-hydrogen) atoms. The van der Waals surface area contributed by atoms with Crippen molar-refractivity contribution in [2.45, 2.75) is 6.30 Å². The largest absolute Gasteiger partial charge is 0.505 e. The Bertz CT molecular complexity index is 121. The molecule has 0 bridgehead atoms. The third kappa shape index (κ3) is 5.78. The maximum atomic E-state index is 11.2. The van der Waals surface area contributed by atoms with Gasteiger partial charge in [0.1, 0.15) is 0 Å². The number of nitrogens with two attached hydrogens (primary N) is 1. The van der Waals surface area contributed by atoms with Crippen molar-refractivity contribution in [3.63, 3.8) is 0 Å². The molecule has 0 aliphatic carbocycles. The van der Waals surface area contributed by atoms with Crippen LogP contribution in [-0.4, -0.2) is 11.5 Å². The quantitative estimate of drug-likeness (QED) is 0.348. The Morgan fingerprint density at radius 2 is 2.00 bits per heavy atom. The fraction of sp³-hybridized carbons (Fsp3) is 0.500. The van der Waals surface area contributed by atoms with E-state index in [-0.39, 0.29) is 11.0 Å². The maximum absolute atomic E-state index is 11.2. The summed E-state index contributed by atoms with van der Waals surface area (Å²) in [7, 11) is 5.05. The smallest absolute Gasteiger partial charge is 0.377 e. The van der Waals surface area contributed by atoms with Gasteiger partial charge in [0.25, 0.3) is 0 Å². The van der Waals surface area contributed by atoms with Crippen LogP contribution in [0.1, 0.15) is 0 Å². The number of halogens is 4. The molecule has 0 radical (unpaired) electrons. The van der Waals surface area contributed by atoms with Crippen LogP contribution >= 0.6 is 21.7 Å². The molecule has 0 saturated carbocycles. The van der Waals surface area contributed by atoms with Crippen LogP contribution in [0.3, 0.4) is 0 Å². The molecule has 0 unspecified atom stereocenters. The Morgan fingerprint density at radius 3 is 2.11 bits per heavy atom. The zero-order valence-corrected chi connectivity index (χ0v) is 5.52. The van der Waals surface area contributed by atoms with Crippen LogP contribution in [0.4, 0.5) is 13.2 Å². The van der Waals surface area contributed by atoms with Crippen molar-refractivity contribution >= 4 is 26.8 Å². The minimum absolute atomic E-state index is 0.232. The van der Waals surface area contributed by atoms with Gasteiger partial charge >= 0.3 is 6.30 Å². The van der Waals surface area contributed by atoms with Crippen molar-refractivity contribution in [3.8, 4) is 0 Å². The zero-order valence-electron chi connectivity index (χ0n) is 3.94. The second-order valence-corrected chi connectivity index (χ2v) is 2.03. The van der Waals surface area contributed by atoms with Crippen LogP contribution in [0.5, 0.6) is 0 Å². The number of rotatable bonds is 0. The van der Waals surface area contributed by atoms with E-state index < -0.39 is 11.5 Å². The molecule has 2 nitrogen and oxygen atoms in total. The molecule has 0 aliphatic rings. The Kier molecular flexibility index (Phi) is 3.13. The Morgan fingerprint density at radius 1 is 1.56 bits per heavy atom. The topological polar surface area (TPSA) is 38.4 Å². The van der Waals surface area contributed by atoms with Gasteiger partial charge in [0.15, 0.2) is 5.17 Å². The van der Waals surface area contributed by atoms with E-state index in [1.165, 1.54) is 0 Å². The van der Waals surface area contributed by atoms with E-state index in [0.29, 0.717) is 0 Å². The van der Waals surface area contributed by atoms with Crippen LogP contribution in [0, 0.1) is 0 Å². The van der Waals surface area contributed by atoms with Crippen LogP contribution in [0.15, 0.2) is 4.99 Å². The highest BCUT2D eigenvalue weighted by molar-refractivity contribution is 8.32. The van der Waals surface area contributed by atoms with E-state index in [1.807, 2.05) is 0 Å². The summed E-state index contributed by atoms with van der Waals surface area (Å²) in [6.07, 6.45) is -4.62.